The summed E-state index contributed by atoms with van der Waals surface area (Å²) in [6.45, 7) is 3.62. The van der Waals surface area contributed by atoms with Crippen LogP contribution in [0, 0.1) is 6.92 Å². The first-order chi connectivity index (χ1) is 14.9. The van der Waals surface area contributed by atoms with Gasteiger partial charge in [-0.05, 0) is 49.1 Å². The van der Waals surface area contributed by atoms with Gasteiger partial charge in [-0.1, -0.05) is 18.5 Å². The van der Waals surface area contributed by atoms with E-state index in [1.165, 1.54) is 0 Å². The Morgan fingerprint density at radius 2 is 1.75 bits per heavy atom. The molecule has 11 heteroatoms. The van der Waals surface area contributed by atoms with Crippen LogP contribution in [0.5, 0.6) is 0 Å². The van der Waals surface area contributed by atoms with Gasteiger partial charge in [0.25, 0.3) is 0 Å². The van der Waals surface area contributed by atoms with Gasteiger partial charge in [-0.3, -0.25) is 4.99 Å². The molecule has 0 spiro atoms. The molecule has 2 unspecified atom stereocenters. The third-order valence-electron chi connectivity index (χ3n) is 5.23. The first kappa shape index (κ1) is 24.6. The van der Waals surface area contributed by atoms with Crippen LogP contribution in [-0.4, -0.2) is 50.6 Å². The van der Waals surface area contributed by atoms with Gasteiger partial charge < -0.3 is 9.47 Å². The summed E-state index contributed by atoms with van der Waals surface area (Å²) in [6, 6.07) is 6.79. The molecule has 1 aromatic carbocycles. The number of nitrogens with zero attached hydrogens (tertiary/aromatic N) is 4. The number of aromatic nitrogens is 2. The van der Waals surface area contributed by atoms with Crippen LogP contribution in [0.25, 0.3) is 6.08 Å². The lowest BCUT2D eigenvalue weighted by Crippen LogP contribution is -2.33. The van der Waals surface area contributed by atoms with E-state index in [2.05, 4.69) is 4.98 Å². The second-order valence-corrected chi connectivity index (χ2v) is 9.15. The number of hydrogen-bond donors (Lipinski definition) is 0. The van der Waals surface area contributed by atoms with Crippen molar-refractivity contribution in [2.45, 2.75) is 37.4 Å². The quantitative estimate of drug-likeness (QED) is 0.456. The van der Waals surface area contributed by atoms with Crippen LogP contribution in [0.15, 0.2) is 35.3 Å². The normalized spacial score (nSPS) is 19.8. The smallest absolute Gasteiger partial charge is 0.345 e. The molecular formula is C21H22ClF5N4S. The number of amidine groups is 1. The monoisotopic (exact) mass is 492 g/mol. The van der Waals surface area contributed by atoms with Gasteiger partial charge in [0, 0.05) is 30.4 Å². The van der Waals surface area contributed by atoms with Crippen molar-refractivity contribution in [1.29, 1.82) is 0 Å². The minimum Gasteiger partial charge on any atom is -0.345 e. The molecule has 32 heavy (non-hydrogen) atoms. The molecule has 4 nitrogen and oxygen atoms in total. The Labute approximate surface area is 192 Å². The van der Waals surface area contributed by atoms with Crippen molar-refractivity contribution in [2.75, 3.05) is 12.8 Å². The van der Waals surface area contributed by atoms with E-state index in [0.717, 1.165) is 23.2 Å². The number of thioether (sulfide) groups is 1. The predicted molar refractivity (Wildman–Crippen MR) is 118 cm³/mol. The third kappa shape index (κ3) is 4.66. The van der Waals surface area contributed by atoms with E-state index in [-0.39, 0.29) is 17.1 Å². The van der Waals surface area contributed by atoms with E-state index in [4.69, 9.17) is 16.6 Å². The summed E-state index contributed by atoms with van der Waals surface area (Å²) in [5.74, 6) is -2.94. The highest BCUT2D eigenvalue weighted by molar-refractivity contribution is 7.99. The summed E-state index contributed by atoms with van der Waals surface area (Å²) in [5.41, 5.74) is 1.37. The summed E-state index contributed by atoms with van der Waals surface area (Å²) in [5, 5.41) is 0.470. The van der Waals surface area contributed by atoms with Crippen LogP contribution < -0.4 is 0 Å². The summed E-state index contributed by atoms with van der Waals surface area (Å²) in [7, 11) is 3.60. The van der Waals surface area contributed by atoms with Crippen LogP contribution in [0.4, 0.5) is 22.0 Å². The summed E-state index contributed by atoms with van der Waals surface area (Å²) < 4.78 is 65.9. The lowest BCUT2D eigenvalue weighted by atomic mass is 10.2. The molecule has 0 radical (unpaired) electrons. The van der Waals surface area contributed by atoms with Gasteiger partial charge in [0.05, 0.1) is 5.69 Å². The number of halogens is 6. The Balaban J connectivity index is 2.01. The zero-order valence-corrected chi connectivity index (χ0v) is 19.4. The summed E-state index contributed by atoms with van der Waals surface area (Å²) >= 11 is 7.63. The maximum atomic E-state index is 13.3. The van der Waals surface area contributed by atoms with E-state index >= 15 is 0 Å². The number of rotatable bonds is 6. The second-order valence-electron chi connectivity index (χ2n) is 7.31. The summed E-state index contributed by atoms with van der Waals surface area (Å²) in [4.78, 5) is 11.3. The lowest BCUT2D eigenvalue weighted by molar-refractivity contribution is -0.258. The molecule has 0 fully saturated rings. The van der Waals surface area contributed by atoms with Crippen molar-refractivity contribution >= 4 is 35.3 Å². The fourth-order valence-corrected chi connectivity index (χ4v) is 4.53. The number of allylic oxidation sites excluding steroid dienone is 1. The zero-order chi connectivity index (χ0) is 23.8. The van der Waals surface area contributed by atoms with E-state index in [0.29, 0.717) is 16.5 Å². The minimum atomic E-state index is -5.66. The van der Waals surface area contributed by atoms with Crippen molar-refractivity contribution in [1.82, 2.24) is 14.5 Å². The Kier molecular flexibility index (Phi) is 6.95. The standard InChI is InChI=1S/C21H22ClF5N4S/c1-5-32-19-16(29-17(31(19)4)13-6-8-14(22)9-7-13)18-28-15(12(2)30(18)3)10-11-20(23,24)21(25,26)27/h6-11,16,19H,5H2,1-4H3/b11-10+. The highest BCUT2D eigenvalue weighted by Crippen LogP contribution is 2.40. The number of hydrogen-bond acceptors (Lipinski definition) is 4. The van der Waals surface area contributed by atoms with Crippen LogP contribution in [0.2, 0.25) is 5.02 Å². The number of imidazole rings is 1. The average molecular weight is 493 g/mol. The fraction of sp³-hybridized carbons (Fsp3) is 0.429. The molecule has 0 saturated heterocycles. The van der Waals surface area contributed by atoms with Gasteiger partial charge in [0.1, 0.15) is 23.1 Å². The van der Waals surface area contributed by atoms with Crippen LogP contribution >= 0.6 is 23.4 Å². The van der Waals surface area contributed by atoms with E-state index < -0.39 is 18.1 Å². The highest BCUT2D eigenvalue weighted by atomic mass is 35.5. The van der Waals surface area contributed by atoms with Crippen LogP contribution in [-0.2, 0) is 7.05 Å². The number of alkyl halides is 5. The predicted octanol–water partition coefficient (Wildman–Crippen LogP) is 6.11. The SMILES string of the molecule is CCSC1C(c2nc(/C=C/C(F)(F)C(F)(F)F)c(C)n2C)N=C(c2ccc(Cl)cc2)N1C. The number of benzene rings is 1. The van der Waals surface area contributed by atoms with Crippen molar-refractivity contribution in [2.24, 2.45) is 12.0 Å². The first-order valence-electron chi connectivity index (χ1n) is 9.72. The molecule has 0 N–H and O–H groups in total. The van der Waals surface area contributed by atoms with E-state index in [1.54, 1.807) is 42.4 Å². The molecule has 2 atom stereocenters. The zero-order valence-electron chi connectivity index (χ0n) is 17.8. The average Bonchev–Trinajstić information content (AvgIpc) is 3.18. The minimum absolute atomic E-state index is 0.0458. The van der Waals surface area contributed by atoms with Crippen LogP contribution in [0.1, 0.15) is 35.7 Å². The Hall–Kier alpha value is -2.07. The van der Waals surface area contributed by atoms with Crippen molar-refractivity contribution in [3.63, 3.8) is 0 Å². The van der Waals surface area contributed by atoms with Crippen LogP contribution in [0.3, 0.4) is 0 Å². The number of aliphatic imine (C=N–C) groups is 1. The first-order valence-corrected chi connectivity index (χ1v) is 11.1. The molecule has 1 aliphatic rings. The van der Waals surface area contributed by atoms with E-state index in [1.807, 2.05) is 31.0 Å². The maximum absolute atomic E-state index is 13.3. The molecule has 0 aliphatic carbocycles. The van der Waals surface area contributed by atoms with E-state index in [9.17, 15) is 22.0 Å². The topological polar surface area (TPSA) is 33.4 Å². The lowest BCUT2D eigenvalue weighted by Gasteiger charge is -2.25. The van der Waals surface area contributed by atoms with Gasteiger partial charge >= 0.3 is 12.1 Å². The molecule has 2 aromatic rings. The van der Waals surface area contributed by atoms with Crippen molar-refractivity contribution < 1.29 is 22.0 Å². The molecule has 1 aliphatic heterocycles. The van der Waals surface area contributed by atoms with Crippen molar-refractivity contribution in [3.05, 3.63) is 58.1 Å². The molecule has 2 heterocycles. The Morgan fingerprint density at radius 3 is 2.31 bits per heavy atom. The Bertz CT molecular complexity index is 1030. The molecule has 0 bridgehead atoms. The van der Waals surface area contributed by atoms with Gasteiger partial charge in [0.15, 0.2) is 0 Å². The highest BCUT2D eigenvalue weighted by Gasteiger charge is 2.55. The third-order valence-corrected chi connectivity index (χ3v) is 6.73. The van der Waals surface area contributed by atoms with Gasteiger partial charge in [-0.2, -0.15) is 22.0 Å². The Morgan fingerprint density at radius 1 is 1.12 bits per heavy atom. The fourth-order valence-electron chi connectivity index (χ4n) is 3.38. The summed E-state index contributed by atoms with van der Waals surface area (Å²) in [6.07, 6.45) is -5.10. The molecular weight excluding hydrogens is 471 g/mol. The number of likely N-dealkylation sites (N-methyl/N-ethyl adjacent to an activating group) is 1. The molecule has 3 rings (SSSR count). The molecule has 1 aromatic heterocycles. The van der Waals surface area contributed by atoms with Gasteiger partial charge in [-0.15, -0.1) is 11.8 Å². The molecule has 0 amide bonds. The largest absolute Gasteiger partial charge is 0.457 e. The van der Waals surface area contributed by atoms with Crippen molar-refractivity contribution in [3.8, 4) is 0 Å². The second kappa shape index (κ2) is 9.05. The molecule has 174 valence electrons. The van der Waals surface area contributed by atoms with Gasteiger partial charge in [-0.25, -0.2) is 4.98 Å². The molecule has 0 saturated carbocycles. The maximum Gasteiger partial charge on any atom is 0.457 e. The van der Waals surface area contributed by atoms with Gasteiger partial charge in [0.2, 0.25) is 0 Å².